The molecule has 1 heterocycles. The zero-order chi connectivity index (χ0) is 22.2. The fourth-order valence-electron chi connectivity index (χ4n) is 2.83. The summed E-state index contributed by atoms with van der Waals surface area (Å²) in [5.41, 5.74) is 2.37. The molecule has 10 heteroatoms. The Bertz CT molecular complexity index is 1050. The van der Waals surface area contributed by atoms with Gasteiger partial charge in [0.1, 0.15) is 5.01 Å². The molecule has 0 aliphatic rings. The smallest absolute Gasteiger partial charge is 0.269 e. The average Bonchev–Trinajstić information content (AvgIpc) is 3.24. The van der Waals surface area contributed by atoms with E-state index in [0.717, 1.165) is 16.3 Å². The molecule has 3 aromatic rings. The van der Waals surface area contributed by atoms with E-state index >= 15 is 0 Å². The van der Waals surface area contributed by atoms with E-state index in [-0.39, 0.29) is 18.0 Å². The predicted octanol–water partition coefficient (Wildman–Crippen LogP) is 3.51. The lowest BCUT2D eigenvalue weighted by Gasteiger charge is -2.08. The van der Waals surface area contributed by atoms with Crippen molar-refractivity contribution in [1.29, 1.82) is 0 Å². The van der Waals surface area contributed by atoms with Crippen LogP contribution < -0.4 is 20.1 Å². The number of methoxy groups -OCH3 is 2. The molecular formula is C21H22N4O5S. The van der Waals surface area contributed by atoms with Gasteiger partial charge in [-0.3, -0.25) is 14.9 Å². The molecule has 2 N–H and O–H groups in total. The Hall–Kier alpha value is -3.66. The van der Waals surface area contributed by atoms with Crippen molar-refractivity contribution in [2.75, 3.05) is 32.6 Å². The summed E-state index contributed by atoms with van der Waals surface area (Å²) < 4.78 is 10.6. The maximum atomic E-state index is 12.2. The number of carbonyl (C=O) groups is 1. The van der Waals surface area contributed by atoms with E-state index in [9.17, 15) is 14.9 Å². The molecule has 9 nitrogen and oxygen atoms in total. The molecule has 1 amide bonds. The van der Waals surface area contributed by atoms with Crippen LogP contribution >= 0.6 is 11.3 Å². The lowest BCUT2D eigenvalue weighted by atomic mass is 10.2. The Morgan fingerprint density at radius 3 is 2.52 bits per heavy atom. The van der Waals surface area contributed by atoms with Crippen molar-refractivity contribution in [2.24, 2.45) is 0 Å². The van der Waals surface area contributed by atoms with E-state index < -0.39 is 4.92 Å². The third kappa shape index (κ3) is 5.92. The zero-order valence-electron chi connectivity index (χ0n) is 17.1. The van der Waals surface area contributed by atoms with Crippen molar-refractivity contribution in [3.63, 3.8) is 0 Å². The van der Waals surface area contributed by atoms with Crippen LogP contribution in [0.25, 0.3) is 10.6 Å². The Kier molecular flexibility index (Phi) is 7.39. The summed E-state index contributed by atoms with van der Waals surface area (Å²) in [5, 5.41) is 19.2. The monoisotopic (exact) mass is 442 g/mol. The minimum absolute atomic E-state index is 0.0366. The second-order valence-electron chi connectivity index (χ2n) is 6.47. The molecule has 31 heavy (non-hydrogen) atoms. The van der Waals surface area contributed by atoms with Crippen LogP contribution in [0, 0.1) is 10.1 Å². The Balaban J connectivity index is 1.47. The van der Waals surface area contributed by atoms with Gasteiger partial charge in [0.25, 0.3) is 5.69 Å². The van der Waals surface area contributed by atoms with Gasteiger partial charge in [0.05, 0.1) is 31.3 Å². The number of amides is 1. The molecule has 0 unspecified atom stereocenters. The number of non-ortho nitro benzene ring substituents is 1. The number of ether oxygens (including phenoxy) is 2. The minimum atomic E-state index is -0.445. The highest BCUT2D eigenvalue weighted by Gasteiger charge is 2.12. The maximum Gasteiger partial charge on any atom is 0.269 e. The summed E-state index contributed by atoms with van der Waals surface area (Å²) in [6.07, 6.45) is 0.182. The molecule has 0 bridgehead atoms. The minimum Gasteiger partial charge on any atom is -0.493 e. The van der Waals surface area contributed by atoms with Crippen molar-refractivity contribution in [3.8, 4) is 22.1 Å². The van der Waals surface area contributed by atoms with E-state index in [2.05, 4.69) is 15.6 Å². The summed E-state index contributed by atoms with van der Waals surface area (Å²) >= 11 is 1.46. The standard InChI is InChI=1S/C21H22N4O5S/c1-29-18-8-3-14(11-19(18)30-2)21-24-16(13-31-21)12-20(26)23-10-9-22-15-4-6-17(7-5-15)25(27)28/h3-8,11,13,22H,9-10,12H2,1-2H3,(H,23,26). The summed E-state index contributed by atoms with van der Waals surface area (Å²) in [6.45, 7) is 0.917. The number of hydrogen-bond acceptors (Lipinski definition) is 8. The van der Waals surface area contributed by atoms with Gasteiger partial charge in [0, 0.05) is 41.9 Å². The first-order chi connectivity index (χ1) is 15.0. The SMILES string of the molecule is COc1ccc(-c2nc(CC(=O)NCCNc3ccc([N+](=O)[O-])cc3)cs2)cc1OC. The number of anilines is 1. The summed E-state index contributed by atoms with van der Waals surface area (Å²) in [4.78, 5) is 26.9. The van der Waals surface area contributed by atoms with Crippen LogP contribution in [0.1, 0.15) is 5.69 Å². The molecule has 0 atom stereocenters. The third-order valence-corrected chi connectivity index (χ3v) is 5.32. The molecule has 0 fully saturated rings. The highest BCUT2D eigenvalue weighted by Crippen LogP contribution is 2.33. The predicted molar refractivity (Wildman–Crippen MR) is 119 cm³/mol. The summed E-state index contributed by atoms with van der Waals surface area (Å²) in [6, 6.07) is 11.7. The number of thiazole rings is 1. The Morgan fingerprint density at radius 1 is 1.10 bits per heavy atom. The molecule has 0 aliphatic heterocycles. The van der Waals surface area contributed by atoms with E-state index in [1.807, 2.05) is 23.6 Å². The number of aromatic nitrogens is 1. The Labute approximate surface area is 183 Å². The number of benzene rings is 2. The highest BCUT2D eigenvalue weighted by atomic mass is 32.1. The number of rotatable bonds is 10. The maximum absolute atomic E-state index is 12.2. The van der Waals surface area contributed by atoms with Gasteiger partial charge in [-0.1, -0.05) is 0 Å². The Morgan fingerprint density at radius 2 is 1.84 bits per heavy atom. The van der Waals surface area contributed by atoms with Gasteiger partial charge in [0.15, 0.2) is 11.5 Å². The number of hydrogen-bond donors (Lipinski definition) is 2. The number of nitro benzene ring substituents is 1. The summed E-state index contributed by atoms with van der Waals surface area (Å²) in [5.74, 6) is 1.13. The molecule has 3 rings (SSSR count). The van der Waals surface area contributed by atoms with Crippen LogP contribution in [0.2, 0.25) is 0 Å². The topological polar surface area (TPSA) is 116 Å². The van der Waals surface area contributed by atoms with Crippen LogP contribution in [-0.2, 0) is 11.2 Å². The average molecular weight is 442 g/mol. The van der Waals surface area contributed by atoms with Gasteiger partial charge in [-0.05, 0) is 30.3 Å². The van der Waals surface area contributed by atoms with Crippen molar-refractivity contribution < 1.29 is 19.2 Å². The van der Waals surface area contributed by atoms with E-state index in [1.54, 1.807) is 26.4 Å². The first-order valence-corrected chi connectivity index (χ1v) is 10.3. The zero-order valence-corrected chi connectivity index (χ0v) is 17.9. The number of nitro groups is 1. The second kappa shape index (κ2) is 10.4. The number of nitrogens with one attached hydrogen (secondary N) is 2. The molecule has 0 saturated carbocycles. The van der Waals surface area contributed by atoms with Gasteiger partial charge in [-0.2, -0.15) is 0 Å². The van der Waals surface area contributed by atoms with Crippen molar-refractivity contribution >= 4 is 28.6 Å². The highest BCUT2D eigenvalue weighted by molar-refractivity contribution is 7.13. The quantitative estimate of drug-likeness (QED) is 0.280. The molecule has 0 aliphatic carbocycles. The second-order valence-corrected chi connectivity index (χ2v) is 7.33. The van der Waals surface area contributed by atoms with E-state index in [1.165, 1.54) is 23.5 Å². The largest absolute Gasteiger partial charge is 0.493 e. The van der Waals surface area contributed by atoms with Gasteiger partial charge in [-0.15, -0.1) is 11.3 Å². The lowest BCUT2D eigenvalue weighted by molar-refractivity contribution is -0.384. The van der Waals surface area contributed by atoms with Crippen LogP contribution in [0.15, 0.2) is 47.8 Å². The van der Waals surface area contributed by atoms with Crippen LogP contribution in [0.5, 0.6) is 11.5 Å². The number of carbonyl (C=O) groups excluding carboxylic acids is 1. The van der Waals surface area contributed by atoms with Crippen molar-refractivity contribution in [2.45, 2.75) is 6.42 Å². The molecular weight excluding hydrogens is 420 g/mol. The van der Waals surface area contributed by atoms with Gasteiger partial charge in [0.2, 0.25) is 5.91 Å². The third-order valence-electron chi connectivity index (χ3n) is 4.38. The summed E-state index contributed by atoms with van der Waals surface area (Å²) in [7, 11) is 3.16. The normalized spacial score (nSPS) is 10.4. The number of nitrogens with zero attached hydrogens (tertiary/aromatic N) is 2. The van der Waals surface area contributed by atoms with Crippen molar-refractivity contribution in [3.05, 3.63) is 63.7 Å². The fourth-order valence-corrected chi connectivity index (χ4v) is 3.64. The fraction of sp³-hybridized carbons (Fsp3) is 0.238. The lowest BCUT2D eigenvalue weighted by Crippen LogP contribution is -2.30. The molecule has 2 aromatic carbocycles. The van der Waals surface area contributed by atoms with Gasteiger partial charge in [-0.25, -0.2) is 4.98 Å². The van der Waals surface area contributed by atoms with Crippen molar-refractivity contribution in [1.82, 2.24) is 10.3 Å². The molecule has 0 spiro atoms. The van der Waals surface area contributed by atoms with E-state index in [0.29, 0.717) is 30.3 Å². The molecule has 1 aromatic heterocycles. The van der Waals surface area contributed by atoms with Crippen LogP contribution in [0.3, 0.4) is 0 Å². The van der Waals surface area contributed by atoms with E-state index in [4.69, 9.17) is 9.47 Å². The van der Waals surface area contributed by atoms with Crippen LogP contribution in [-0.4, -0.2) is 43.1 Å². The van der Waals surface area contributed by atoms with Gasteiger partial charge >= 0.3 is 0 Å². The molecule has 0 saturated heterocycles. The first-order valence-electron chi connectivity index (χ1n) is 9.42. The van der Waals surface area contributed by atoms with Crippen LogP contribution in [0.4, 0.5) is 11.4 Å². The first kappa shape index (κ1) is 22.0. The molecule has 162 valence electrons. The molecule has 0 radical (unpaired) electrons. The van der Waals surface area contributed by atoms with Gasteiger partial charge < -0.3 is 20.1 Å².